The Kier molecular flexibility index (Phi) is 6.06. The summed E-state index contributed by atoms with van der Waals surface area (Å²) in [5, 5.41) is 7.00. The van der Waals surface area contributed by atoms with E-state index in [0.717, 1.165) is 18.5 Å². The maximum atomic E-state index is 11.4. The second kappa shape index (κ2) is 6.50. The smallest absolute Gasteiger partial charge is 0.242 e. The molecule has 1 rings (SSSR count). The minimum Gasteiger partial charge on any atom is -0.320 e. The number of hydrogen-bond acceptors (Lipinski definition) is 3. The summed E-state index contributed by atoms with van der Waals surface area (Å²) >= 11 is 0. The van der Waals surface area contributed by atoms with Gasteiger partial charge in [0, 0.05) is 13.1 Å². The monoisotopic (exact) mass is 246 g/mol. The molecule has 1 aromatic heterocycles. The number of rotatable bonds is 4. The standard InChI is InChI=1S/C10H18N4O.ClH/c1-4-5-8-6-9(14(3)13-8)12-10(15)7(2)11;/h6-7H,4-5,11H2,1-3H3,(H,12,15);1H. The Labute approximate surface area is 102 Å². The molecule has 3 N–H and O–H groups in total. The molecule has 0 aliphatic carbocycles. The van der Waals surface area contributed by atoms with E-state index in [0.29, 0.717) is 5.82 Å². The van der Waals surface area contributed by atoms with E-state index < -0.39 is 6.04 Å². The van der Waals surface area contributed by atoms with Gasteiger partial charge in [-0.1, -0.05) is 13.3 Å². The minimum atomic E-state index is -0.505. The van der Waals surface area contributed by atoms with E-state index in [1.807, 2.05) is 6.07 Å². The number of carbonyl (C=O) groups is 1. The number of nitrogens with one attached hydrogen (secondary N) is 1. The lowest BCUT2D eigenvalue weighted by atomic mass is 10.2. The first-order chi connectivity index (χ1) is 7.04. The molecule has 1 aromatic rings. The fourth-order valence-corrected chi connectivity index (χ4v) is 1.26. The number of nitrogens with zero attached hydrogens (tertiary/aromatic N) is 2. The van der Waals surface area contributed by atoms with Gasteiger partial charge in [0.2, 0.25) is 5.91 Å². The molecule has 1 amide bonds. The summed E-state index contributed by atoms with van der Waals surface area (Å²) in [4.78, 5) is 11.4. The Bertz CT molecular complexity index is 349. The normalized spacial score (nSPS) is 11.8. The molecule has 1 atom stereocenters. The molecule has 0 radical (unpaired) electrons. The Balaban J connectivity index is 0.00000225. The van der Waals surface area contributed by atoms with Crippen molar-refractivity contribution in [2.45, 2.75) is 32.7 Å². The van der Waals surface area contributed by atoms with Gasteiger partial charge in [-0.05, 0) is 13.3 Å². The van der Waals surface area contributed by atoms with Gasteiger partial charge in [0.15, 0.2) is 0 Å². The molecule has 0 saturated carbocycles. The second-order valence-corrected chi connectivity index (χ2v) is 3.67. The molecule has 5 nitrogen and oxygen atoms in total. The van der Waals surface area contributed by atoms with Crippen LogP contribution in [0, 0.1) is 0 Å². The van der Waals surface area contributed by atoms with Gasteiger partial charge >= 0.3 is 0 Å². The van der Waals surface area contributed by atoms with Crippen LogP contribution in [0.3, 0.4) is 0 Å². The van der Waals surface area contributed by atoms with Crippen LogP contribution >= 0.6 is 12.4 Å². The molecule has 0 saturated heterocycles. The molecule has 0 fully saturated rings. The lowest BCUT2D eigenvalue weighted by Gasteiger charge is -2.06. The average molecular weight is 247 g/mol. The van der Waals surface area contributed by atoms with Crippen LogP contribution in [0.2, 0.25) is 0 Å². The highest BCUT2D eigenvalue weighted by molar-refractivity contribution is 5.93. The Morgan fingerprint density at radius 3 is 2.81 bits per heavy atom. The van der Waals surface area contributed by atoms with Crippen LogP contribution in [0.15, 0.2) is 6.07 Å². The molecule has 0 bridgehead atoms. The molecule has 92 valence electrons. The van der Waals surface area contributed by atoms with Crippen LogP contribution in [0.25, 0.3) is 0 Å². The largest absolute Gasteiger partial charge is 0.320 e. The SMILES string of the molecule is CCCc1cc(NC(=O)C(C)N)n(C)n1.Cl. The summed E-state index contributed by atoms with van der Waals surface area (Å²) in [6, 6.07) is 1.37. The van der Waals surface area contributed by atoms with E-state index in [2.05, 4.69) is 17.3 Å². The third-order valence-corrected chi connectivity index (χ3v) is 2.10. The molecule has 16 heavy (non-hydrogen) atoms. The van der Waals surface area contributed by atoms with Gasteiger partial charge in [0.25, 0.3) is 0 Å². The maximum absolute atomic E-state index is 11.4. The molecule has 0 aliphatic rings. The van der Waals surface area contributed by atoms with Gasteiger partial charge in [0.05, 0.1) is 11.7 Å². The van der Waals surface area contributed by atoms with Crippen molar-refractivity contribution < 1.29 is 4.79 Å². The second-order valence-electron chi connectivity index (χ2n) is 3.67. The van der Waals surface area contributed by atoms with Gasteiger partial charge in [-0.25, -0.2) is 0 Å². The van der Waals surface area contributed by atoms with Crippen LogP contribution in [-0.4, -0.2) is 21.7 Å². The minimum absolute atomic E-state index is 0. The van der Waals surface area contributed by atoms with Crippen molar-refractivity contribution >= 4 is 24.1 Å². The fourth-order valence-electron chi connectivity index (χ4n) is 1.26. The zero-order chi connectivity index (χ0) is 11.4. The summed E-state index contributed by atoms with van der Waals surface area (Å²) in [6.07, 6.45) is 1.96. The number of halogens is 1. The van der Waals surface area contributed by atoms with Gasteiger partial charge in [0.1, 0.15) is 5.82 Å². The van der Waals surface area contributed by atoms with Crippen molar-refractivity contribution in [2.24, 2.45) is 12.8 Å². The summed E-state index contributed by atoms with van der Waals surface area (Å²) in [6.45, 7) is 3.74. The zero-order valence-electron chi connectivity index (χ0n) is 9.86. The van der Waals surface area contributed by atoms with E-state index in [9.17, 15) is 4.79 Å². The number of amides is 1. The summed E-state index contributed by atoms with van der Waals surface area (Å²) < 4.78 is 1.66. The molecule has 6 heteroatoms. The highest BCUT2D eigenvalue weighted by atomic mass is 35.5. The Morgan fingerprint density at radius 2 is 2.31 bits per heavy atom. The number of anilines is 1. The van der Waals surface area contributed by atoms with Crippen LogP contribution in [-0.2, 0) is 18.3 Å². The van der Waals surface area contributed by atoms with E-state index >= 15 is 0 Å². The van der Waals surface area contributed by atoms with E-state index in [-0.39, 0.29) is 18.3 Å². The highest BCUT2D eigenvalue weighted by Crippen LogP contribution is 2.10. The van der Waals surface area contributed by atoms with Crippen molar-refractivity contribution in [2.75, 3.05) is 5.32 Å². The molecular weight excluding hydrogens is 228 g/mol. The van der Waals surface area contributed by atoms with E-state index in [4.69, 9.17) is 5.73 Å². The average Bonchev–Trinajstić information content (AvgIpc) is 2.47. The highest BCUT2D eigenvalue weighted by Gasteiger charge is 2.11. The molecule has 0 aromatic carbocycles. The number of aryl methyl sites for hydroxylation is 2. The number of nitrogens with two attached hydrogens (primary N) is 1. The van der Waals surface area contributed by atoms with Gasteiger partial charge in [-0.2, -0.15) is 5.10 Å². The van der Waals surface area contributed by atoms with Crippen LogP contribution in [0.4, 0.5) is 5.82 Å². The van der Waals surface area contributed by atoms with Crippen LogP contribution in [0.5, 0.6) is 0 Å². The first-order valence-electron chi connectivity index (χ1n) is 5.14. The quantitative estimate of drug-likeness (QED) is 0.835. The van der Waals surface area contributed by atoms with Crippen LogP contribution in [0.1, 0.15) is 26.0 Å². The first kappa shape index (κ1) is 14.9. The predicted molar refractivity (Wildman–Crippen MR) is 66.7 cm³/mol. The van der Waals surface area contributed by atoms with Crippen molar-refractivity contribution in [1.82, 2.24) is 9.78 Å². The topological polar surface area (TPSA) is 72.9 Å². The Hall–Kier alpha value is -1.07. The molecule has 1 unspecified atom stereocenters. The van der Waals surface area contributed by atoms with Crippen molar-refractivity contribution in [3.63, 3.8) is 0 Å². The maximum Gasteiger partial charge on any atom is 0.242 e. The van der Waals surface area contributed by atoms with E-state index in [1.54, 1.807) is 18.7 Å². The predicted octanol–water partition coefficient (Wildman–Crippen LogP) is 1.08. The summed E-state index contributed by atoms with van der Waals surface area (Å²) in [7, 11) is 1.80. The third kappa shape index (κ3) is 3.83. The molecule has 0 spiro atoms. The zero-order valence-corrected chi connectivity index (χ0v) is 10.7. The van der Waals surface area contributed by atoms with Gasteiger partial charge in [-0.15, -0.1) is 12.4 Å². The lowest BCUT2D eigenvalue weighted by Crippen LogP contribution is -2.33. The lowest BCUT2D eigenvalue weighted by molar-refractivity contribution is -0.117. The fraction of sp³-hybridized carbons (Fsp3) is 0.600. The molecule has 0 aliphatic heterocycles. The summed E-state index contributed by atoms with van der Waals surface area (Å²) in [5.41, 5.74) is 6.44. The van der Waals surface area contributed by atoms with Crippen molar-refractivity contribution in [3.8, 4) is 0 Å². The third-order valence-electron chi connectivity index (χ3n) is 2.10. The first-order valence-corrected chi connectivity index (χ1v) is 5.14. The van der Waals surface area contributed by atoms with Crippen molar-refractivity contribution in [3.05, 3.63) is 11.8 Å². The number of hydrogen-bond donors (Lipinski definition) is 2. The Morgan fingerprint density at radius 1 is 1.69 bits per heavy atom. The van der Waals surface area contributed by atoms with Gasteiger partial charge in [-0.3, -0.25) is 9.48 Å². The van der Waals surface area contributed by atoms with Crippen LogP contribution < -0.4 is 11.1 Å². The number of carbonyl (C=O) groups excluding carboxylic acids is 1. The number of aromatic nitrogens is 2. The van der Waals surface area contributed by atoms with Crippen molar-refractivity contribution in [1.29, 1.82) is 0 Å². The molecule has 1 heterocycles. The van der Waals surface area contributed by atoms with E-state index in [1.165, 1.54) is 0 Å². The molecular formula is C10H19ClN4O. The summed E-state index contributed by atoms with van der Waals surface area (Å²) in [5.74, 6) is 0.502. The van der Waals surface area contributed by atoms with Gasteiger partial charge < -0.3 is 11.1 Å².